The highest BCUT2D eigenvalue weighted by molar-refractivity contribution is 5.18. The third kappa shape index (κ3) is 3.56. The second kappa shape index (κ2) is 7.04. The molecule has 19 heavy (non-hydrogen) atoms. The van der Waals surface area contributed by atoms with E-state index in [1.54, 1.807) is 0 Å². The van der Waals surface area contributed by atoms with E-state index in [0.29, 0.717) is 6.54 Å². The summed E-state index contributed by atoms with van der Waals surface area (Å²) in [5.41, 5.74) is 7.62. The van der Waals surface area contributed by atoms with Gasteiger partial charge in [0.25, 0.3) is 0 Å². The molecule has 1 aromatic carbocycles. The lowest BCUT2D eigenvalue weighted by molar-refractivity contribution is 0.0784. The fraction of sp³-hybridized carbons (Fsp3) is 0.625. The molecule has 0 bridgehead atoms. The molecule has 106 valence electrons. The maximum Gasteiger partial charge on any atom is 0.0593 e. The summed E-state index contributed by atoms with van der Waals surface area (Å²) in [6, 6.07) is 10.7. The summed E-state index contributed by atoms with van der Waals surface area (Å²) in [5.74, 6) is 0. The van der Waals surface area contributed by atoms with Crippen LogP contribution in [0.25, 0.3) is 0 Å². The molecule has 1 aromatic rings. The number of ether oxygens (including phenoxy) is 1. The molecule has 1 saturated heterocycles. The van der Waals surface area contributed by atoms with Gasteiger partial charge < -0.3 is 10.5 Å². The van der Waals surface area contributed by atoms with Gasteiger partial charge in [-0.05, 0) is 24.8 Å². The summed E-state index contributed by atoms with van der Waals surface area (Å²) in [6.45, 7) is 6.76. The molecule has 0 saturated carbocycles. The van der Waals surface area contributed by atoms with E-state index in [9.17, 15) is 0 Å². The van der Waals surface area contributed by atoms with Crippen LogP contribution in [-0.4, -0.2) is 43.3 Å². The first-order valence-corrected chi connectivity index (χ1v) is 7.37. The quantitative estimate of drug-likeness (QED) is 0.883. The second-order valence-electron chi connectivity index (χ2n) is 5.40. The first-order chi connectivity index (χ1) is 9.30. The Labute approximate surface area is 116 Å². The maximum atomic E-state index is 6.17. The molecule has 1 aliphatic heterocycles. The van der Waals surface area contributed by atoms with Crippen molar-refractivity contribution in [3.63, 3.8) is 0 Å². The van der Waals surface area contributed by atoms with Crippen LogP contribution in [0.4, 0.5) is 0 Å². The fourth-order valence-corrected chi connectivity index (χ4v) is 3.00. The summed E-state index contributed by atoms with van der Waals surface area (Å²) in [6.07, 6.45) is 3.22. The van der Waals surface area contributed by atoms with Gasteiger partial charge in [-0.3, -0.25) is 4.90 Å². The van der Waals surface area contributed by atoms with Gasteiger partial charge in [0.1, 0.15) is 0 Å². The van der Waals surface area contributed by atoms with Crippen molar-refractivity contribution in [1.82, 2.24) is 4.90 Å². The molecular formula is C16H26N2O. The Morgan fingerprint density at radius 3 is 2.68 bits per heavy atom. The third-order valence-electron chi connectivity index (χ3n) is 4.31. The zero-order valence-corrected chi connectivity index (χ0v) is 12.0. The van der Waals surface area contributed by atoms with E-state index < -0.39 is 0 Å². The molecule has 3 nitrogen and oxygen atoms in total. The smallest absolute Gasteiger partial charge is 0.0593 e. The molecule has 1 heterocycles. The van der Waals surface area contributed by atoms with Gasteiger partial charge in [-0.1, -0.05) is 37.3 Å². The van der Waals surface area contributed by atoms with E-state index in [1.807, 2.05) is 0 Å². The van der Waals surface area contributed by atoms with Gasteiger partial charge in [0.2, 0.25) is 0 Å². The van der Waals surface area contributed by atoms with Crippen molar-refractivity contribution in [2.45, 2.75) is 31.7 Å². The fourth-order valence-electron chi connectivity index (χ4n) is 3.00. The van der Waals surface area contributed by atoms with E-state index in [4.69, 9.17) is 10.5 Å². The van der Waals surface area contributed by atoms with Crippen LogP contribution in [0.15, 0.2) is 30.3 Å². The van der Waals surface area contributed by atoms with E-state index >= 15 is 0 Å². The second-order valence-corrected chi connectivity index (χ2v) is 5.40. The lowest BCUT2D eigenvalue weighted by Gasteiger charge is -2.42. The third-order valence-corrected chi connectivity index (χ3v) is 4.31. The van der Waals surface area contributed by atoms with Gasteiger partial charge in [-0.25, -0.2) is 0 Å². The van der Waals surface area contributed by atoms with Crippen molar-refractivity contribution >= 4 is 0 Å². The highest BCUT2D eigenvalue weighted by atomic mass is 16.5. The number of hydrogen-bond acceptors (Lipinski definition) is 3. The molecule has 0 amide bonds. The van der Waals surface area contributed by atoms with Crippen molar-refractivity contribution < 1.29 is 4.74 Å². The minimum atomic E-state index is 0.0784. The SMILES string of the molecule is CCC(CN)(Cc1ccccc1)N1CCCOCC1. The van der Waals surface area contributed by atoms with Crippen LogP contribution in [0.5, 0.6) is 0 Å². The molecule has 0 spiro atoms. The Kier molecular flexibility index (Phi) is 5.37. The van der Waals surface area contributed by atoms with Crippen LogP contribution in [-0.2, 0) is 11.2 Å². The largest absolute Gasteiger partial charge is 0.380 e. The van der Waals surface area contributed by atoms with E-state index in [1.165, 1.54) is 5.56 Å². The van der Waals surface area contributed by atoms with E-state index in [-0.39, 0.29) is 5.54 Å². The highest BCUT2D eigenvalue weighted by Crippen LogP contribution is 2.25. The van der Waals surface area contributed by atoms with Crippen molar-refractivity contribution in [1.29, 1.82) is 0 Å². The van der Waals surface area contributed by atoms with Crippen LogP contribution >= 0.6 is 0 Å². The summed E-state index contributed by atoms with van der Waals surface area (Å²) in [7, 11) is 0. The predicted molar refractivity (Wildman–Crippen MR) is 79.2 cm³/mol. The molecule has 0 aromatic heterocycles. The molecular weight excluding hydrogens is 236 g/mol. The van der Waals surface area contributed by atoms with Crippen molar-refractivity contribution in [3.8, 4) is 0 Å². The predicted octanol–water partition coefficient (Wildman–Crippen LogP) is 2.06. The molecule has 1 atom stereocenters. The zero-order valence-electron chi connectivity index (χ0n) is 12.0. The monoisotopic (exact) mass is 262 g/mol. The van der Waals surface area contributed by atoms with Crippen molar-refractivity contribution in [3.05, 3.63) is 35.9 Å². The minimum Gasteiger partial charge on any atom is -0.380 e. The normalized spacial score (nSPS) is 20.7. The molecule has 1 aliphatic rings. The lowest BCUT2D eigenvalue weighted by atomic mass is 9.86. The molecule has 1 fully saturated rings. The average molecular weight is 262 g/mol. The molecule has 2 N–H and O–H groups in total. The topological polar surface area (TPSA) is 38.5 Å². The first-order valence-electron chi connectivity index (χ1n) is 7.37. The minimum absolute atomic E-state index is 0.0784. The van der Waals surface area contributed by atoms with Gasteiger partial charge in [0.05, 0.1) is 6.61 Å². The van der Waals surface area contributed by atoms with Crippen LogP contribution < -0.4 is 5.73 Å². The molecule has 2 rings (SSSR count). The van der Waals surface area contributed by atoms with Gasteiger partial charge in [0, 0.05) is 31.8 Å². The number of nitrogens with two attached hydrogens (primary N) is 1. The first kappa shape index (κ1) is 14.5. The molecule has 1 unspecified atom stereocenters. The average Bonchev–Trinajstić information content (AvgIpc) is 2.75. The molecule has 3 heteroatoms. The van der Waals surface area contributed by atoms with Crippen LogP contribution in [0.2, 0.25) is 0 Å². The van der Waals surface area contributed by atoms with Gasteiger partial charge >= 0.3 is 0 Å². The Morgan fingerprint density at radius 2 is 2.00 bits per heavy atom. The van der Waals surface area contributed by atoms with Gasteiger partial charge in [-0.2, -0.15) is 0 Å². The summed E-state index contributed by atoms with van der Waals surface area (Å²) in [4.78, 5) is 2.55. The summed E-state index contributed by atoms with van der Waals surface area (Å²) in [5, 5.41) is 0. The number of hydrogen-bond donors (Lipinski definition) is 1. The number of rotatable bonds is 5. The Hall–Kier alpha value is -0.900. The van der Waals surface area contributed by atoms with Crippen molar-refractivity contribution in [2.24, 2.45) is 5.73 Å². The standard InChI is InChI=1S/C16H26N2O/c1-2-16(14-17,13-15-7-4-3-5-8-15)18-9-6-11-19-12-10-18/h3-5,7-8H,2,6,9-14,17H2,1H3. The zero-order chi connectivity index (χ0) is 13.6. The molecule has 0 aliphatic carbocycles. The van der Waals surface area contributed by atoms with Crippen LogP contribution in [0.1, 0.15) is 25.3 Å². The maximum absolute atomic E-state index is 6.17. The Morgan fingerprint density at radius 1 is 1.21 bits per heavy atom. The Balaban J connectivity index is 2.15. The van der Waals surface area contributed by atoms with E-state index in [2.05, 4.69) is 42.2 Å². The summed E-state index contributed by atoms with van der Waals surface area (Å²) < 4.78 is 5.58. The number of benzene rings is 1. The summed E-state index contributed by atoms with van der Waals surface area (Å²) >= 11 is 0. The van der Waals surface area contributed by atoms with Gasteiger partial charge in [-0.15, -0.1) is 0 Å². The molecule has 0 radical (unpaired) electrons. The lowest BCUT2D eigenvalue weighted by Crippen LogP contribution is -2.55. The van der Waals surface area contributed by atoms with Crippen molar-refractivity contribution in [2.75, 3.05) is 32.8 Å². The van der Waals surface area contributed by atoms with Crippen LogP contribution in [0, 0.1) is 0 Å². The van der Waals surface area contributed by atoms with Gasteiger partial charge in [0.15, 0.2) is 0 Å². The highest BCUT2D eigenvalue weighted by Gasteiger charge is 2.34. The van der Waals surface area contributed by atoms with E-state index in [0.717, 1.165) is 45.6 Å². The van der Waals surface area contributed by atoms with Crippen LogP contribution in [0.3, 0.4) is 0 Å². The Bertz CT molecular complexity index is 354. The number of nitrogens with zero attached hydrogens (tertiary/aromatic N) is 1.